The Morgan fingerprint density at radius 2 is 2.06 bits per heavy atom. The van der Waals surface area contributed by atoms with Crippen molar-refractivity contribution in [3.63, 3.8) is 0 Å². The average molecular weight is 283 g/mol. The topological polar surface area (TPSA) is 84.2 Å². The third-order valence-electron chi connectivity index (χ3n) is 2.36. The summed E-state index contributed by atoms with van der Waals surface area (Å²) in [6.07, 6.45) is 0. The summed E-state index contributed by atoms with van der Waals surface area (Å²) < 4.78 is 26.1. The first-order valence-electron chi connectivity index (χ1n) is 5.15. The van der Waals surface area contributed by atoms with Crippen molar-refractivity contribution in [2.75, 3.05) is 18.1 Å². The monoisotopic (exact) mass is 283 g/mol. The van der Waals surface area contributed by atoms with Gasteiger partial charge in [-0.05, 0) is 36.7 Å². The second kappa shape index (κ2) is 4.97. The Morgan fingerprint density at radius 3 is 2.67 bits per heavy atom. The van der Waals surface area contributed by atoms with Crippen LogP contribution in [0.3, 0.4) is 0 Å². The largest absolute Gasteiger partial charge is 0.399 e. The lowest BCUT2D eigenvalue weighted by Crippen LogP contribution is -2.20. The normalized spacial score (nSPS) is 11.4. The van der Waals surface area contributed by atoms with Gasteiger partial charge in [-0.2, -0.15) is 11.3 Å². The summed E-state index contributed by atoms with van der Waals surface area (Å²) >= 11 is 1.53. The Bertz CT molecular complexity index is 636. The number of rotatable bonds is 4. The highest BCUT2D eigenvalue weighted by Gasteiger charge is 2.17. The van der Waals surface area contributed by atoms with E-state index in [1.54, 1.807) is 12.1 Å². The molecule has 7 heteroatoms. The van der Waals surface area contributed by atoms with Gasteiger partial charge in [-0.15, -0.1) is 0 Å². The summed E-state index contributed by atoms with van der Waals surface area (Å²) in [4.78, 5) is 0.135. The zero-order valence-corrected chi connectivity index (χ0v) is 11.3. The highest BCUT2D eigenvalue weighted by atomic mass is 32.2. The van der Waals surface area contributed by atoms with Crippen LogP contribution in [0, 0.1) is 0 Å². The summed E-state index contributed by atoms with van der Waals surface area (Å²) in [6.45, 7) is 0. The fraction of sp³-hybridized carbons (Fsp3) is 0.0909. The summed E-state index contributed by atoms with van der Waals surface area (Å²) in [5, 5.41) is 6.86. The van der Waals surface area contributed by atoms with E-state index in [4.69, 9.17) is 5.73 Å². The van der Waals surface area contributed by atoms with E-state index < -0.39 is 10.0 Å². The second-order valence-corrected chi connectivity index (χ2v) is 6.24. The van der Waals surface area contributed by atoms with Crippen molar-refractivity contribution in [2.45, 2.75) is 4.90 Å². The van der Waals surface area contributed by atoms with E-state index in [2.05, 4.69) is 10.0 Å². The van der Waals surface area contributed by atoms with Crippen LogP contribution in [-0.4, -0.2) is 15.5 Å². The Morgan fingerprint density at radius 1 is 1.28 bits per heavy atom. The minimum Gasteiger partial charge on any atom is -0.399 e. The standard InChI is InChI=1S/C11H13N3O2S2/c1-13-18(15,16)11-6-8(12)2-3-10(11)14-9-4-5-17-7-9/h2-7,13-14H,12H2,1H3. The van der Waals surface area contributed by atoms with E-state index in [9.17, 15) is 8.42 Å². The molecule has 2 rings (SSSR count). The molecule has 18 heavy (non-hydrogen) atoms. The number of benzene rings is 1. The predicted molar refractivity (Wildman–Crippen MR) is 74.7 cm³/mol. The Labute approximate surface area is 110 Å². The molecule has 0 bridgehead atoms. The number of hydrogen-bond donors (Lipinski definition) is 3. The van der Waals surface area contributed by atoms with Gasteiger partial charge in [0.15, 0.2) is 0 Å². The van der Waals surface area contributed by atoms with Crippen molar-refractivity contribution in [3.05, 3.63) is 35.0 Å². The minimum atomic E-state index is -3.54. The maximum atomic E-state index is 11.9. The lowest BCUT2D eigenvalue weighted by atomic mass is 10.3. The molecule has 96 valence electrons. The molecule has 0 unspecified atom stereocenters. The van der Waals surface area contributed by atoms with Crippen molar-refractivity contribution >= 4 is 38.4 Å². The van der Waals surface area contributed by atoms with Gasteiger partial charge in [0, 0.05) is 16.8 Å². The molecule has 0 spiro atoms. The first-order valence-corrected chi connectivity index (χ1v) is 7.58. The van der Waals surface area contributed by atoms with Gasteiger partial charge in [-0.1, -0.05) is 0 Å². The molecule has 0 fully saturated rings. The molecule has 0 saturated heterocycles. The molecule has 0 amide bonds. The highest BCUT2D eigenvalue weighted by molar-refractivity contribution is 7.89. The number of sulfonamides is 1. The van der Waals surface area contributed by atoms with Crippen LogP contribution >= 0.6 is 11.3 Å². The molecule has 1 aromatic heterocycles. The number of nitrogens with two attached hydrogens (primary N) is 1. The van der Waals surface area contributed by atoms with E-state index in [1.165, 1.54) is 24.5 Å². The fourth-order valence-electron chi connectivity index (χ4n) is 1.47. The molecular formula is C11H13N3O2S2. The molecule has 4 N–H and O–H groups in total. The van der Waals surface area contributed by atoms with Crippen LogP contribution in [0.1, 0.15) is 0 Å². The molecule has 0 saturated carbocycles. The minimum absolute atomic E-state index is 0.135. The first kappa shape index (κ1) is 12.9. The lowest BCUT2D eigenvalue weighted by molar-refractivity contribution is 0.588. The van der Waals surface area contributed by atoms with Gasteiger partial charge < -0.3 is 11.1 Å². The third kappa shape index (κ3) is 2.63. The number of thiophene rings is 1. The van der Waals surface area contributed by atoms with Crippen molar-refractivity contribution in [1.82, 2.24) is 4.72 Å². The lowest BCUT2D eigenvalue weighted by Gasteiger charge is -2.11. The fourth-order valence-corrected chi connectivity index (χ4v) is 2.97. The zero-order valence-electron chi connectivity index (χ0n) is 9.67. The van der Waals surface area contributed by atoms with Gasteiger partial charge in [-0.25, -0.2) is 13.1 Å². The Hall–Kier alpha value is -1.57. The van der Waals surface area contributed by atoms with Crippen LogP contribution < -0.4 is 15.8 Å². The number of nitrogens with one attached hydrogen (secondary N) is 2. The number of hydrogen-bond acceptors (Lipinski definition) is 5. The van der Waals surface area contributed by atoms with Crippen LogP contribution in [0.15, 0.2) is 39.9 Å². The molecule has 1 aromatic carbocycles. The molecule has 0 aliphatic carbocycles. The van der Waals surface area contributed by atoms with Gasteiger partial charge in [0.2, 0.25) is 10.0 Å². The molecule has 5 nitrogen and oxygen atoms in total. The first-order chi connectivity index (χ1) is 8.53. The van der Waals surface area contributed by atoms with E-state index in [-0.39, 0.29) is 4.90 Å². The smallest absolute Gasteiger partial charge is 0.242 e. The highest BCUT2D eigenvalue weighted by Crippen LogP contribution is 2.27. The molecule has 0 aliphatic heterocycles. The molecule has 0 atom stereocenters. The van der Waals surface area contributed by atoms with Crippen LogP contribution in [0.25, 0.3) is 0 Å². The van der Waals surface area contributed by atoms with Gasteiger partial charge in [0.1, 0.15) is 4.90 Å². The van der Waals surface area contributed by atoms with Crippen LogP contribution in [0.4, 0.5) is 17.1 Å². The van der Waals surface area contributed by atoms with E-state index in [1.807, 2.05) is 16.8 Å². The molecule has 1 heterocycles. The van der Waals surface area contributed by atoms with E-state index >= 15 is 0 Å². The average Bonchev–Trinajstić information content (AvgIpc) is 2.84. The van der Waals surface area contributed by atoms with Crippen molar-refractivity contribution in [2.24, 2.45) is 0 Å². The predicted octanol–water partition coefficient (Wildman–Crippen LogP) is 1.98. The van der Waals surface area contributed by atoms with Gasteiger partial charge in [-0.3, -0.25) is 0 Å². The van der Waals surface area contributed by atoms with Crippen LogP contribution in [-0.2, 0) is 10.0 Å². The van der Waals surface area contributed by atoms with Crippen molar-refractivity contribution < 1.29 is 8.42 Å². The summed E-state index contributed by atoms with van der Waals surface area (Å²) in [5.74, 6) is 0. The van der Waals surface area contributed by atoms with Crippen molar-refractivity contribution in [1.29, 1.82) is 0 Å². The van der Waals surface area contributed by atoms with E-state index in [0.29, 0.717) is 11.4 Å². The van der Waals surface area contributed by atoms with Crippen molar-refractivity contribution in [3.8, 4) is 0 Å². The van der Waals surface area contributed by atoms with E-state index in [0.717, 1.165) is 5.69 Å². The van der Waals surface area contributed by atoms with Gasteiger partial charge in [0.05, 0.1) is 5.69 Å². The summed E-state index contributed by atoms with van der Waals surface area (Å²) in [7, 11) is -2.18. The van der Waals surface area contributed by atoms with Gasteiger partial charge >= 0.3 is 0 Å². The van der Waals surface area contributed by atoms with Crippen LogP contribution in [0.5, 0.6) is 0 Å². The summed E-state index contributed by atoms with van der Waals surface area (Å²) in [5.41, 5.74) is 7.38. The molecular weight excluding hydrogens is 270 g/mol. The molecule has 0 aliphatic rings. The third-order valence-corrected chi connectivity index (χ3v) is 4.50. The van der Waals surface area contributed by atoms with Gasteiger partial charge in [0.25, 0.3) is 0 Å². The Balaban J connectivity index is 2.47. The summed E-state index contributed by atoms with van der Waals surface area (Å²) in [6, 6.07) is 6.61. The Kier molecular flexibility index (Phi) is 3.55. The quantitative estimate of drug-likeness (QED) is 0.749. The SMILES string of the molecule is CNS(=O)(=O)c1cc(N)ccc1Nc1ccsc1. The number of nitrogen functional groups attached to an aromatic ring is 1. The zero-order chi connectivity index (χ0) is 13.2. The second-order valence-electron chi connectivity index (χ2n) is 3.60. The molecule has 0 radical (unpaired) electrons. The number of anilines is 3. The molecule has 2 aromatic rings. The van der Waals surface area contributed by atoms with Crippen LogP contribution in [0.2, 0.25) is 0 Å². The maximum Gasteiger partial charge on any atom is 0.242 e. The maximum absolute atomic E-state index is 11.9.